The topological polar surface area (TPSA) is 0 Å². The summed E-state index contributed by atoms with van der Waals surface area (Å²) >= 11 is 0. The van der Waals surface area contributed by atoms with Crippen LogP contribution in [0.5, 0.6) is 0 Å². The fourth-order valence-electron chi connectivity index (χ4n) is 1.59. The second kappa shape index (κ2) is 19.0. The summed E-state index contributed by atoms with van der Waals surface area (Å²) < 4.78 is 0. The Bertz CT molecular complexity index is 322. The maximum Gasteiger partial charge on any atom is -0.0353 e. The minimum Gasteiger partial charge on any atom is -0.0917 e. The van der Waals surface area contributed by atoms with Gasteiger partial charge in [-0.05, 0) is 57.7 Å². The van der Waals surface area contributed by atoms with Crippen molar-refractivity contribution in [2.24, 2.45) is 0 Å². The number of benzene rings is 1. The maximum atomic E-state index is 2.22. The quantitative estimate of drug-likeness (QED) is 0.489. The van der Waals surface area contributed by atoms with Gasteiger partial charge in [0.05, 0.1) is 0 Å². The van der Waals surface area contributed by atoms with Crippen LogP contribution in [0.2, 0.25) is 0 Å². The monoisotopic (exact) mass is 292 g/mol. The average molecular weight is 293 g/mol. The van der Waals surface area contributed by atoms with Crippen molar-refractivity contribution in [1.29, 1.82) is 0 Å². The predicted molar refractivity (Wildman–Crippen MR) is 102 cm³/mol. The molecule has 21 heavy (non-hydrogen) atoms. The van der Waals surface area contributed by atoms with Crippen LogP contribution in [0.3, 0.4) is 0 Å². The maximum absolute atomic E-state index is 2.22. The first-order valence-electron chi connectivity index (χ1n) is 8.59. The van der Waals surface area contributed by atoms with Crippen LogP contribution in [-0.4, -0.2) is 0 Å². The van der Waals surface area contributed by atoms with Gasteiger partial charge in [-0.1, -0.05) is 77.3 Å². The molecular formula is C21H40. The normalized spacial score (nSPS) is 8.86. The molecule has 0 nitrogen and oxygen atoms in total. The summed E-state index contributed by atoms with van der Waals surface area (Å²) in [6, 6.07) is 4.45. The van der Waals surface area contributed by atoms with Crippen molar-refractivity contribution in [3.8, 4) is 0 Å². The lowest BCUT2D eigenvalue weighted by Crippen LogP contribution is -1.86. The van der Waals surface area contributed by atoms with Gasteiger partial charge in [0.2, 0.25) is 0 Å². The summed E-state index contributed by atoms with van der Waals surface area (Å²) in [5.74, 6) is 0. The lowest BCUT2D eigenvalue weighted by molar-refractivity contribution is 0.957. The van der Waals surface area contributed by atoms with Crippen molar-refractivity contribution in [1.82, 2.24) is 0 Å². The second-order valence-corrected chi connectivity index (χ2v) is 5.09. The highest BCUT2D eigenvalue weighted by molar-refractivity contribution is 5.35. The fourth-order valence-corrected chi connectivity index (χ4v) is 1.59. The second-order valence-electron chi connectivity index (χ2n) is 5.09. The third kappa shape index (κ3) is 16.9. The van der Waals surface area contributed by atoms with E-state index in [1.807, 2.05) is 13.8 Å². The van der Waals surface area contributed by atoms with Gasteiger partial charge in [-0.25, -0.2) is 0 Å². The molecule has 0 unspecified atom stereocenters. The predicted octanol–water partition coefficient (Wildman–Crippen LogP) is 7.73. The van der Waals surface area contributed by atoms with Gasteiger partial charge >= 0.3 is 0 Å². The Hall–Kier alpha value is -1.04. The molecule has 0 bridgehead atoms. The van der Waals surface area contributed by atoms with E-state index in [4.69, 9.17) is 0 Å². The number of rotatable bonds is 2. The van der Waals surface area contributed by atoms with Gasteiger partial charge in [0.15, 0.2) is 0 Å². The van der Waals surface area contributed by atoms with Crippen molar-refractivity contribution in [2.45, 2.75) is 88.5 Å². The number of hydrogen-bond donors (Lipinski definition) is 0. The molecule has 0 spiro atoms. The van der Waals surface area contributed by atoms with E-state index < -0.39 is 0 Å². The van der Waals surface area contributed by atoms with Gasteiger partial charge in [0, 0.05) is 0 Å². The van der Waals surface area contributed by atoms with Crippen LogP contribution < -0.4 is 0 Å². The zero-order chi connectivity index (χ0) is 17.3. The molecular weight excluding hydrogens is 252 g/mol. The van der Waals surface area contributed by atoms with Gasteiger partial charge in [-0.3, -0.25) is 0 Å². The van der Waals surface area contributed by atoms with Gasteiger partial charge in [0.25, 0.3) is 0 Å². The third-order valence-corrected chi connectivity index (χ3v) is 2.76. The van der Waals surface area contributed by atoms with Gasteiger partial charge in [0.1, 0.15) is 0 Å². The summed E-state index contributed by atoms with van der Waals surface area (Å²) in [7, 11) is 0. The smallest absolute Gasteiger partial charge is 0.0353 e. The number of unbranched alkanes of at least 4 members (excludes halogenated alkanes) is 1. The molecule has 0 aliphatic heterocycles. The summed E-state index contributed by atoms with van der Waals surface area (Å²) in [5.41, 5.74) is 5.58. The minimum atomic E-state index is 1.23. The molecule has 0 saturated heterocycles. The van der Waals surface area contributed by atoms with E-state index in [1.54, 1.807) is 0 Å². The van der Waals surface area contributed by atoms with E-state index in [1.165, 1.54) is 41.5 Å². The summed E-state index contributed by atoms with van der Waals surface area (Å²) in [6.45, 7) is 21.1. The van der Waals surface area contributed by atoms with Crippen molar-refractivity contribution in [2.75, 3.05) is 0 Å². The van der Waals surface area contributed by atoms with Crippen LogP contribution in [0, 0.1) is 27.7 Å². The molecule has 1 rings (SSSR count). The van der Waals surface area contributed by atoms with Gasteiger partial charge in [-0.2, -0.15) is 0 Å². The molecule has 0 radical (unpaired) electrons. The Balaban J connectivity index is -0.000000253. The molecule has 0 heteroatoms. The van der Waals surface area contributed by atoms with Crippen molar-refractivity contribution in [3.63, 3.8) is 0 Å². The zero-order valence-electron chi connectivity index (χ0n) is 16.4. The summed E-state index contributed by atoms with van der Waals surface area (Å²) in [5, 5.41) is 0. The highest BCUT2D eigenvalue weighted by atomic mass is 14.0. The molecule has 0 aliphatic rings. The Morgan fingerprint density at radius 3 is 1.48 bits per heavy atom. The molecule has 1 aromatic rings. The third-order valence-electron chi connectivity index (χ3n) is 2.76. The van der Waals surface area contributed by atoms with Gasteiger partial charge < -0.3 is 0 Å². The van der Waals surface area contributed by atoms with E-state index in [-0.39, 0.29) is 0 Å². The summed E-state index contributed by atoms with van der Waals surface area (Å²) in [6.07, 6.45) is 8.02. The molecule has 0 N–H and O–H groups in total. The van der Waals surface area contributed by atoms with Crippen LogP contribution in [0.1, 0.15) is 83.1 Å². The largest absolute Gasteiger partial charge is 0.0917 e. The van der Waals surface area contributed by atoms with Crippen molar-refractivity contribution < 1.29 is 0 Å². The number of allylic oxidation sites excluding steroid dienone is 2. The van der Waals surface area contributed by atoms with Crippen LogP contribution in [0.15, 0.2) is 24.3 Å². The van der Waals surface area contributed by atoms with Crippen LogP contribution in [0.25, 0.3) is 0 Å². The van der Waals surface area contributed by atoms with Gasteiger partial charge in [-0.15, -0.1) is 0 Å². The molecule has 0 amide bonds. The molecule has 0 aliphatic carbocycles. The van der Waals surface area contributed by atoms with Crippen LogP contribution >= 0.6 is 0 Å². The molecule has 0 atom stereocenters. The standard InChI is InChI=1S/C10H14.C6H12.C3H8.C2H6/c1-7-5-8(2)10(4)9(3)6-7;1-3-5-6-4-2;1-3-2;1-2/h5-6H,1-4H3;3,5H,4,6H2,1-2H3;3H2,1-2H3;1-2H3/b;5-3-;;. The number of aryl methyl sites for hydroxylation is 3. The molecule has 0 heterocycles. The van der Waals surface area contributed by atoms with Crippen LogP contribution in [0.4, 0.5) is 0 Å². The minimum absolute atomic E-state index is 1.23. The van der Waals surface area contributed by atoms with E-state index in [9.17, 15) is 0 Å². The highest BCUT2D eigenvalue weighted by Gasteiger charge is 1.95. The van der Waals surface area contributed by atoms with Crippen molar-refractivity contribution >= 4 is 0 Å². The zero-order valence-corrected chi connectivity index (χ0v) is 16.4. The van der Waals surface area contributed by atoms with E-state index in [2.05, 4.69) is 79.7 Å². The first kappa shape index (κ1) is 24.9. The van der Waals surface area contributed by atoms with Crippen LogP contribution in [-0.2, 0) is 0 Å². The van der Waals surface area contributed by atoms with E-state index in [0.29, 0.717) is 0 Å². The number of hydrogen-bond acceptors (Lipinski definition) is 0. The molecule has 1 aromatic carbocycles. The fraction of sp³-hybridized carbons (Fsp3) is 0.619. The van der Waals surface area contributed by atoms with E-state index in [0.717, 1.165) is 0 Å². The Morgan fingerprint density at radius 1 is 0.857 bits per heavy atom. The lowest BCUT2D eigenvalue weighted by Gasteiger charge is -2.04. The Labute approximate surface area is 135 Å². The Morgan fingerprint density at radius 2 is 1.24 bits per heavy atom. The van der Waals surface area contributed by atoms with Crippen molar-refractivity contribution in [3.05, 3.63) is 46.5 Å². The molecule has 0 aromatic heterocycles. The summed E-state index contributed by atoms with van der Waals surface area (Å²) in [4.78, 5) is 0. The first-order chi connectivity index (χ1) is 9.94. The highest BCUT2D eigenvalue weighted by Crippen LogP contribution is 2.13. The van der Waals surface area contributed by atoms with E-state index >= 15 is 0 Å². The molecule has 124 valence electrons. The SMILES string of the molecule is C/C=C\CCC.CC.CCC.Cc1cc(C)c(C)c(C)c1. The Kier molecular flexibility index (Phi) is 22.5. The molecule has 0 fully saturated rings. The average Bonchev–Trinajstić information content (AvgIpc) is 2.46. The lowest BCUT2D eigenvalue weighted by atomic mass is 10.0. The molecule has 0 saturated carbocycles. The first-order valence-corrected chi connectivity index (χ1v) is 8.59.